The van der Waals surface area contributed by atoms with E-state index in [1.54, 1.807) is 0 Å². The molecule has 0 N–H and O–H groups in total. The molecule has 0 heterocycles. The zero-order chi connectivity index (χ0) is 15.9. The molecule has 21 heavy (non-hydrogen) atoms. The SMILES string of the molecule is FC(F)(F)C(COCC1CC2C=CC1C2)(OP)C(F)(F)F. The molecule has 2 aliphatic rings. The van der Waals surface area contributed by atoms with Gasteiger partial charge in [0, 0.05) is 9.47 Å². The van der Waals surface area contributed by atoms with Crippen LogP contribution in [0.5, 0.6) is 0 Å². The quantitative estimate of drug-likeness (QED) is 0.431. The number of rotatable bonds is 5. The van der Waals surface area contributed by atoms with Gasteiger partial charge in [-0.05, 0) is 30.6 Å². The molecule has 0 aromatic rings. The number of alkyl halides is 6. The van der Waals surface area contributed by atoms with Crippen molar-refractivity contribution in [1.29, 1.82) is 0 Å². The van der Waals surface area contributed by atoms with Gasteiger partial charge in [0.05, 0.1) is 13.2 Å². The molecule has 1 fully saturated rings. The van der Waals surface area contributed by atoms with Crippen LogP contribution >= 0.6 is 9.47 Å². The smallest absolute Gasteiger partial charge is 0.377 e. The first-order valence-electron chi connectivity index (χ1n) is 6.38. The lowest BCUT2D eigenvalue weighted by molar-refractivity contribution is -0.365. The van der Waals surface area contributed by atoms with E-state index in [9.17, 15) is 26.3 Å². The van der Waals surface area contributed by atoms with Gasteiger partial charge in [0.2, 0.25) is 0 Å². The molecule has 9 heteroatoms. The fraction of sp³-hybridized carbons (Fsp3) is 0.833. The Hall–Kier alpha value is -0.330. The van der Waals surface area contributed by atoms with Crippen LogP contribution in [0.3, 0.4) is 0 Å². The zero-order valence-electron chi connectivity index (χ0n) is 10.9. The van der Waals surface area contributed by atoms with Gasteiger partial charge in [-0.3, -0.25) is 0 Å². The summed E-state index contributed by atoms with van der Waals surface area (Å²) in [5.41, 5.74) is -4.31. The molecular weight excluding hydrogens is 321 g/mol. The molecule has 4 unspecified atom stereocenters. The molecule has 1 saturated carbocycles. The summed E-state index contributed by atoms with van der Waals surface area (Å²) < 4.78 is 85.1. The van der Waals surface area contributed by atoms with E-state index in [1.807, 2.05) is 12.2 Å². The molecule has 2 bridgehead atoms. The minimum absolute atomic E-state index is 0.0244. The van der Waals surface area contributed by atoms with Gasteiger partial charge >= 0.3 is 12.4 Å². The molecule has 0 amide bonds. The first-order valence-corrected chi connectivity index (χ1v) is 6.85. The topological polar surface area (TPSA) is 18.5 Å². The number of halogens is 6. The van der Waals surface area contributed by atoms with E-state index in [1.165, 1.54) is 0 Å². The Morgan fingerprint density at radius 3 is 2.00 bits per heavy atom. The van der Waals surface area contributed by atoms with Crippen molar-refractivity contribution in [3.05, 3.63) is 12.2 Å². The number of ether oxygens (including phenoxy) is 1. The van der Waals surface area contributed by atoms with Gasteiger partial charge in [-0.25, -0.2) is 0 Å². The lowest BCUT2D eigenvalue weighted by Gasteiger charge is -2.35. The molecule has 4 atom stereocenters. The Morgan fingerprint density at radius 1 is 1.00 bits per heavy atom. The van der Waals surface area contributed by atoms with Crippen molar-refractivity contribution < 1.29 is 35.6 Å². The molecule has 0 aromatic heterocycles. The standard InChI is InChI=1S/C12H15F6O2P/c13-11(14,15)10(20-21,12(16,17)18)6-19-5-9-4-7-1-2-8(9)3-7/h1-2,7-9H,3-6,21H2. The molecule has 0 saturated heterocycles. The summed E-state index contributed by atoms with van der Waals surface area (Å²) in [6.07, 6.45) is -5.59. The molecule has 2 aliphatic carbocycles. The Balaban J connectivity index is 1.98. The molecule has 122 valence electrons. The van der Waals surface area contributed by atoms with Crippen LogP contribution < -0.4 is 0 Å². The number of allylic oxidation sites excluding steroid dienone is 2. The Morgan fingerprint density at radius 2 is 1.62 bits per heavy atom. The van der Waals surface area contributed by atoms with Gasteiger partial charge in [0.15, 0.2) is 0 Å². The van der Waals surface area contributed by atoms with Crippen LogP contribution in [0.2, 0.25) is 0 Å². The summed E-state index contributed by atoms with van der Waals surface area (Å²) in [6, 6.07) is 0. The number of hydrogen-bond donors (Lipinski definition) is 0. The van der Waals surface area contributed by atoms with E-state index < -0.39 is 24.6 Å². The van der Waals surface area contributed by atoms with Crippen molar-refractivity contribution >= 4 is 9.47 Å². The second-order valence-electron chi connectivity index (χ2n) is 5.50. The highest BCUT2D eigenvalue weighted by molar-refractivity contribution is 7.09. The summed E-state index contributed by atoms with van der Waals surface area (Å²) in [5.74, 6) is 0.540. The highest BCUT2D eigenvalue weighted by Gasteiger charge is 2.72. The second kappa shape index (κ2) is 5.70. The van der Waals surface area contributed by atoms with E-state index in [0.717, 1.165) is 22.3 Å². The van der Waals surface area contributed by atoms with Crippen LogP contribution in [0.4, 0.5) is 26.3 Å². The van der Waals surface area contributed by atoms with Gasteiger partial charge in [-0.2, -0.15) is 26.3 Å². The maximum absolute atomic E-state index is 12.8. The average Bonchev–Trinajstić information content (AvgIpc) is 2.93. The summed E-state index contributed by atoms with van der Waals surface area (Å²) in [7, 11) is 1.05. The monoisotopic (exact) mass is 336 g/mol. The first-order chi connectivity index (χ1) is 9.61. The van der Waals surface area contributed by atoms with Crippen molar-refractivity contribution in [1.82, 2.24) is 0 Å². The summed E-state index contributed by atoms with van der Waals surface area (Å²) in [6.45, 7) is -1.73. The summed E-state index contributed by atoms with van der Waals surface area (Å²) in [4.78, 5) is 0. The van der Waals surface area contributed by atoms with Gasteiger partial charge in [-0.15, -0.1) is 0 Å². The van der Waals surface area contributed by atoms with Crippen molar-refractivity contribution in [2.45, 2.75) is 30.8 Å². The van der Waals surface area contributed by atoms with Crippen LogP contribution in [0.1, 0.15) is 12.8 Å². The molecule has 0 aromatic carbocycles. The second-order valence-corrected chi connectivity index (χ2v) is 5.73. The zero-order valence-corrected chi connectivity index (χ0v) is 12.0. The van der Waals surface area contributed by atoms with E-state index in [4.69, 9.17) is 4.74 Å². The van der Waals surface area contributed by atoms with Gasteiger partial charge in [0.25, 0.3) is 5.60 Å². The third-order valence-electron chi connectivity index (χ3n) is 4.17. The first kappa shape index (κ1) is 17.0. The third-order valence-corrected chi connectivity index (χ3v) is 4.57. The Labute approximate surface area is 120 Å². The molecule has 0 aliphatic heterocycles. The third kappa shape index (κ3) is 3.08. The Bertz CT molecular complexity index is 392. The molecule has 0 radical (unpaired) electrons. The maximum atomic E-state index is 12.8. The lowest BCUT2D eigenvalue weighted by Crippen LogP contribution is -2.60. The van der Waals surface area contributed by atoms with Crippen LogP contribution in [0.15, 0.2) is 12.2 Å². The number of hydrogen-bond acceptors (Lipinski definition) is 2. The van der Waals surface area contributed by atoms with Crippen molar-refractivity contribution in [3.63, 3.8) is 0 Å². The predicted octanol–water partition coefficient (Wildman–Crippen LogP) is 3.89. The minimum Gasteiger partial charge on any atom is -0.377 e. The van der Waals surface area contributed by atoms with E-state index in [0.29, 0.717) is 5.92 Å². The van der Waals surface area contributed by atoms with Crippen LogP contribution in [0, 0.1) is 17.8 Å². The molecule has 2 rings (SSSR count). The highest BCUT2D eigenvalue weighted by atomic mass is 31.0. The van der Waals surface area contributed by atoms with Gasteiger partial charge in [0.1, 0.15) is 0 Å². The fourth-order valence-electron chi connectivity index (χ4n) is 2.93. The summed E-state index contributed by atoms with van der Waals surface area (Å²) >= 11 is 0. The number of fused-ring (bicyclic) bond motifs is 2. The van der Waals surface area contributed by atoms with E-state index in [-0.39, 0.29) is 18.4 Å². The van der Waals surface area contributed by atoms with Crippen LogP contribution in [-0.2, 0) is 9.26 Å². The van der Waals surface area contributed by atoms with Crippen molar-refractivity contribution in [3.8, 4) is 0 Å². The molecular formula is C12H15F6O2P. The molecule has 2 nitrogen and oxygen atoms in total. The van der Waals surface area contributed by atoms with E-state index in [2.05, 4.69) is 4.52 Å². The average molecular weight is 336 g/mol. The van der Waals surface area contributed by atoms with Crippen LogP contribution in [-0.4, -0.2) is 31.2 Å². The highest BCUT2D eigenvalue weighted by Crippen LogP contribution is 2.48. The normalized spacial score (nSPS) is 29.4. The summed E-state index contributed by atoms with van der Waals surface area (Å²) in [5, 5.41) is 0. The lowest BCUT2D eigenvalue weighted by atomic mass is 9.94. The maximum Gasteiger partial charge on any atom is 0.429 e. The minimum atomic E-state index is -5.61. The van der Waals surface area contributed by atoms with Crippen molar-refractivity contribution in [2.24, 2.45) is 17.8 Å². The van der Waals surface area contributed by atoms with Gasteiger partial charge in [-0.1, -0.05) is 12.2 Å². The molecule has 0 spiro atoms. The fourth-order valence-corrected chi connectivity index (χ4v) is 3.27. The Kier molecular flexibility index (Phi) is 4.63. The van der Waals surface area contributed by atoms with Crippen molar-refractivity contribution in [2.75, 3.05) is 13.2 Å². The van der Waals surface area contributed by atoms with Crippen LogP contribution in [0.25, 0.3) is 0 Å². The largest absolute Gasteiger partial charge is 0.429 e. The van der Waals surface area contributed by atoms with Gasteiger partial charge < -0.3 is 9.26 Å². The predicted molar refractivity (Wildman–Crippen MR) is 65.3 cm³/mol. The van der Waals surface area contributed by atoms with E-state index >= 15 is 0 Å².